The van der Waals surface area contributed by atoms with Crippen molar-refractivity contribution >= 4 is 23.4 Å². The van der Waals surface area contributed by atoms with Crippen LogP contribution in [0.3, 0.4) is 0 Å². The fourth-order valence-electron chi connectivity index (χ4n) is 1.09. The number of hydrogen-bond acceptors (Lipinski definition) is 2. The Labute approximate surface area is 101 Å². The molecule has 3 heteroatoms. The number of thioether (sulfide) groups is 1. The Hall–Kier alpha value is -0.340. The highest BCUT2D eigenvalue weighted by atomic mass is 35.5. The van der Waals surface area contributed by atoms with Crippen LogP contribution in [0.1, 0.15) is 13.8 Å². The van der Waals surface area contributed by atoms with Gasteiger partial charge >= 0.3 is 0 Å². The molecule has 0 saturated heterocycles. The lowest BCUT2D eigenvalue weighted by molar-refractivity contribution is 0.344. The van der Waals surface area contributed by atoms with E-state index in [1.165, 1.54) is 5.75 Å². The van der Waals surface area contributed by atoms with E-state index >= 15 is 0 Å². The molecule has 0 spiro atoms. The number of hydrogen-bond donors (Lipinski definition) is 0. The van der Waals surface area contributed by atoms with Gasteiger partial charge < -0.3 is 4.74 Å². The van der Waals surface area contributed by atoms with Gasteiger partial charge in [-0.3, -0.25) is 0 Å². The zero-order chi connectivity index (χ0) is 11.1. The largest absolute Gasteiger partial charge is 0.491 e. The maximum atomic E-state index is 5.96. The van der Waals surface area contributed by atoms with Crippen molar-refractivity contribution in [2.45, 2.75) is 13.8 Å². The predicted molar refractivity (Wildman–Crippen MR) is 69.1 cm³/mol. The van der Waals surface area contributed by atoms with Crippen molar-refractivity contribution in [2.75, 3.05) is 18.1 Å². The zero-order valence-corrected chi connectivity index (χ0v) is 10.8. The van der Waals surface area contributed by atoms with Crippen molar-refractivity contribution in [1.29, 1.82) is 0 Å². The second kappa shape index (κ2) is 7.02. The molecule has 1 nitrogen and oxygen atoms in total. The predicted octanol–water partition coefficient (Wildman–Crippen LogP) is 4.11. The molecular weight excluding hydrogens is 228 g/mol. The van der Waals surface area contributed by atoms with Crippen molar-refractivity contribution in [3.63, 3.8) is 0 Å². The topological polar surface area (TPSA) is 9.23 Å². The molecule has 1 aromatic rings. The van der Waals surface area contributed by atoms with Gasteiger partial charge in [0.1, 0.15) is 5.75 Å². The molecule has 0 bridgehead atoms. The first-order chi connectivity index (χ1) is 7.20. The fourth-order valence-corrected chi connectivity index (χ4v) is 2.12. The molecule has 0 amide bonds. The Kier molecular flexibility index (Phi) is 5.96. The van der Waals surface area contributed by atoms with Gasteiger partial charge in [-0.15, -0.1) is 0 Å². The smallest absolute Gasteiger partial charge is 0.137 e. The van der Waals surface area contributed by atoms with Crippen LogP contribution in [0.2, 0.25) is 5.02 Å². The minimum Gasteiger partial charge on any atom is -0.491 e. The van der Waals surface area contributed by atoms with Crippen LogP contribution < -0.4 is 4.74 Å². The van der Waals surface area contributed by atoms with Crippen molar-refractivity contribution < 1.29 is 4.74 Å². The number of para-hydroxylation sites is 1. The van der Waals surface area contributed by atoms with Crippen molar-refractivity contribution in [1.82, 2.24) is 0 Å². The Balaban J connectivity index is 2.18. The van der Waals surface area contributed by atoms with Gasteiger partial charge in [-0.25, -0.2) is 0 Å². The summed E-state index contributed by atoms with van der Waals surface area (Å²) in [6.07, 6.45) is 0. The summed E-state index contributed by atoms with van der Waals surface area (Å²) in [5.41, 5.74) is 0. The van der Waals surface area contributed by atoms with Gasteiger partial charge in [0.05, 0.1) is 11.6 Å². The van der Waals surface area contributed by atoms with Crippen LogP contribution >= 0.6 is 23.4 Å². The third-order valence-electron chi connectivity index (χ3n) is 1.77. The molecule has 0 radical (unpaired) electrons. The Morgan fingerprint density at radius 1 is 1.33 bits per heavy atom. The van der Waals surface area contributed by atoms with Crippen LogP contribution in [-0.2, 0) is 0 Å². The van der Waals surface area contributed by atoms with Crippen molar-refractivity contribution in [3.8, 4) is 5.75 Å². The van der Waals surface area contributed by atoms with Gasteiger partial charge in [-0.2, -0.15) is 11.8 Å². The molecule has 0 aliphatic rings. The molecule has 0 saturated carbocycles. The summed E-state index contributed by atoms with van der Waals surface area (Å²) in [4.78, 5) is 0. The summed E-state index contributed by atoms with van der Waals surface area (Å²) < 4.78 is 5.57. The Morgan fingerprint density at radius 3 is 2.73 bits per heavy atom. The summed E-state index contributed by atoms with van der Waals surface area (Å²) in [7, 11) is 0. The highest BCUT2D eigenvalue weighted by molar-refractivity contribution is 7.99. The van der Waals surface area contributed by atoms with Gasteiger partial charge in [0.2, 0.25) is 0 Å². The fraction of sp³-hybridized carbons (Fsp3) is 0.500. The van der Waals surface area contributed by atoms with E-state index in [0.717, 1.165) is 24.0 Å². The van der Waals surface area contributed by atoms with Gasteiger partial charge in [0.15, 0.2) is 0 Å². The second-order valence-corrected chi connectivity index (χ2v) is 5.30. The third kappa shape index (κ3) is 5.33. The van der Waals surface area contributed by atoms with Crippen LogP contribution in [0.5, 0.6) is 5.75 Å². The zero-order valence-electron chi connectivity index (χ0n) is 9.20. The normalized spacial score (nSPS) is 10.7. The summed E-state index contributed by atoms with van der Waals surface area (Å²) in [5.74, 6) is 3.73. The first kappa shape index (κ1) is 12.7. The van der Waals surface area contributed by atoms with Crippen LogP contribution in [0.4, 0.5) is 0 Å². The highest BCUT2D eigenvalue weighted by Gasteiger charge is 1.99. The average Bonchev–Trinajstić information content (AvgIpc) is 2.20. The van der Waals surface area contributed by atoms with E-state index in [0.29, 0.717) is 5.02 Å². The SMILES string of the molecule is CC(C)CSCCOc1ccccc1Cl. The second-order valence-electron chi connectivity index (χ2n) is 3.75. The first-order valence-electron chi connectivity index (χ1n) is 5.15. The number of halogens is 1. The lowest BCUT2D eigenvalue weighted by Gasteiger charge is -2.08. The van der Waals surface area contributed by atoms with E-state index in [-0.39, 0.29) is 0 Å². The van der Waals surface area contributed by atoms with Crippen LogP contribution in [0, 0.1) is 5.92 Å². The summed E-state index contributed by atoms with van der Waals surface area (Å²) in [5, 5.41) is 0.686. The molecule has 0 N–H and O–H groups in total. The average molecular weight is 245 g/mol. The van der Waals surface area contributed by atoms with Crippen LogP contribution in [0.15, 0.2) is 24.3 Å². The quantitative estimate of drug-likeness (QED) is 0.697. The lowest BCUT2D eigenvalue weighted by atomic mass is 10.3. The first-order valence-corrected chi connectivity index (χ1v) is 6.68. The molecule has 0 heterocycles. The monoisotopic (exact) mass is 244 g/mol. The van der Waals surface area contributed by atoms with Gasteiger partial charge in [0.25, 0.3) is 0 Å². The Bertz CT molecular complexity index is 289. The van der Waals surface area contributed by atoms with E-state index < -0.39 is 0 Å². The maximum absolute atomic E-state index is 5.96. The molecule has 0 atom stereocenters. The summed E-state index contributed by atoms with van der Waals surface area (Å²) in [6, 6.07) is 7.58. The number of rotatable bonds is 6. The molecule has 1 rings (SSSR count). The van der Waals surface area contributed by atoms with E-state index in [1.807, 2.05) is 36.0 Å². The minimum atomic E-state index is 0.686. The standard InChI is InChI=1S/C12H17ClOS/c1-10(2)9-15-8-7-14-12-6-4-3-5-11(12)13/h3-6,10H,7-9H2,1-2H3. The van der Waals surface area contributed by atoms with Crippen LogP contribution in [-0.4, -0.2) is 18.1 Å². The van der Waals surface area contributed by atoms with E-state index in [1.54, 1.807) is 0 Å². The van der Waals surface area contributed by atoms with Crippen molar-refractivity contribution in [3.05, 3.63) is 29.3 Å². The van der Waals surface area contributed by atoms with E-state index in [2.05, 4.69) is 13.8 Å². The molecular formula is C12H17ClOS. The van der Waals surface area contributed by atoms with Crippen LogP contribution in [0.25, 0.3) is 0 Å². The molecule has 0 aromatic heterocycles. The summed E-state index contributed by atoms with van der Waals surface area (Å²) in [6.45, 7) is 5.17. The number of benzene rings is 1. The van der Waals surface area contributed by atoms with Gasteiger partial charge in [0, 0.05) is 5.75 Å². The third-order valence-corrected chi connectivity index (χ3v) is 3.44. The highest BCUT2D eigenvalue weighted by Crippen LogP contribution is 2.23. The molecule has 0 fully saturated rings. The summed E-state index contributed by atoms with van der Waals surface area (Å²) >= 11 is 7.87. The molecule has 15 heavy (non-hydrogen) atoms. The molecule has 1 aromatic carbocycles. The molecule has 0 aliphatic carbocycles. The molecule has 84 valence electrons. The molecule has 0 unspecified atom stereocenters. The minimum absolute atomic E-state index is 0.686. The van der Waals surface area contributed by atoms with Crippen molar-refractivity contribution in [2.24, 2.45) is 5.92 Å². The lowest BCUT2D eigenvalue weighted by Crippen LogP contribution is -2.02. The van der Waals surface area contributed by atoms with Gasteiger partial charge in [-0.1, -0.05) is 37.6 Å². The number of ether oxygens (including phenoxy) is 1. The maximum Gasteiger partial charge on any atom is 0.137 e. The van der Waals surface area contributed by atoms with Gasteiger partial charge in [-0.05, 0) is 23.8 Å². The van der Waals surface area contributed by atoms with E-state index in [9.17, 15) is 0 Å². The van der Waals surface area contributed by atoms with E-state index in [4.69, 9.17) is 16.3 Å². The molecule has 0 aliphatic heterocycles. The Morgan fingerprint density at radius 2 is 2.07 bits per heavy atom.